The SMILES string of the molecule is Cc1occc1C(=O)N1CCC(C(C)O)C1. The minimum atomic E-state index is -0.344. The molecule has 1 aromatic heterocycles. The first kappa shape index (κ1) is 11.2. The van der Waals surface area contributed by atoms with Crippen LogP contribution in [-0.2, 0) is 0 Å². The summed E-state index contributed by atoms with van der Waals surface area (Å²) in [5.74, 6) is 0.871. The number of nitrogens with zero attached hydrogens (tertiary/aromatic N) is 1. The summed E-state index contributed by atoms with van der Waals surface area (Å²) >= 11 is 0. The summed E-state index contributed by atoms with van der Waals surface area (Å²) in [4.78, 5) is 13.9. The number of rotatable bonds is 2. The molecule has 88 valence electrons. The van der Waals surface area contributed by atoms with Gasteiger partial charge in [0.25, 0.3) is 5.91 Å². The molecule has 2 unspecified atom stereocenters. The van der Waals surface area contributed by atoms with Crippen molar-refractivity contribution in [1.82, 2.24) is 4.90 Å². The van der Waals surface area contributed by atoms with Crippen LogP contribution in [-0.4, -0.2) is 35.1 Å². The third-order valence-electron chi connectivity index (χ3n) is 3.28. The fraction of sp³-hybridized carbons (Fsp3) is 0.583. The van der Waals surface area contributed by atoms with Crippen LogP contribution < -0.4 is 0 Å². The first-order chi connectivity index (χ1) is 7.59. The largest absolute Gasteiger partial charge is 0.469 e. The van der Waals surface area contributed by atoms with Crippen LogP contribution in [0.15, 0.2) is 16.7 Å². The minimum Gasteiger partial charge on any atom is -0.469 e. The van der Waals surface area contributed by atoms with E-state index in [0.717, 1.165) is 13.0 Å². The van der Waals surface area contributed by atoms with Crippen molar-refractivity contribution in [2.24, 2.45) is 5.92 Å². The van der Waals surface area contributed by atoms with Crippen LogP contribution >= 0.6 is 0 Å². The lowest BCUT2D eigenvalue weighted by atomic mass is 10.0. The van der Waals surface area contributed by atoms with Crippen molar-refractivity contribution in [2.75, 3.05) is 13.1 Å². The van der Waals surface area contributed by atoms with Crippen LogP contribution in [0, 0.1) is 12.8 Å². The smallest absolute Gasteiger partial charge is 0.257 e. The van der Waals surface area contributed by atoms with Crippen molar-refractivity contribution < 1.29 is 14.3 Å². The van der Waals surface area contributed by atoms with Crippen molar-refractivity contribution in [2.45, 2.75) is 26.4 Å². The summed E-state index contributed by atoms with van der Waals surface area (Å²) in [5.41, 5.74) is 0.631. The standard InChI is InChI=1S/C12H17NO3/c1-8(14)10-3-5-13(7-10)12(15)11-4-6-16-9(11)2/h4,6,8,10,14H,3,5,7H2,1-2H3. The van der Waals surface area contributed by atoms with Crippen molar-refractivity contribution in [3.8, 4) is 0 Å². The third-order valence-corrected chi connectivity index (χ3v) is 3.28. The molecule has 0 saturated carbocycles. The second kappa shape index (κ2) is 4.29. The number of amides is 1. The Bertz CT molecular complexity index is 383. The van der Waals surface area contributed by atoms with Crippen LogP contribution in [0.5, 0.6) is 0 Å². The molecular formula is C12H17NO3. The Balaban J connectivity index is 2.05. The summed E-state index contributed by atoms with van der Waals surface area (Å²) in [6, 6.07) is 1.70. The summed E-state index contributed by atoms with van der Waals surface area (Å²) < 4.78 is 5.12. The van der Waals surface area contributed by atoms with Gasteiger partial charge >= 0.3 is 0 Å². The lowest BCUT2D eigenvalue weighted by molar-refractivity contribution is 0.0761. The Labute approximate surface area is 94.9 Å². The molecule has 4 nitrogen and oxygen atoms in total. The molecule has 1 amide bonds. The Morgan fingerprint density at radius 3 is 2.94 bits per heavy atom. The molecule has 16 heavy (non-hydrogen) atoms. The number of hydrogen-bond acceptors (Lipinski definition) is 3. The fourth-order valence-corrected chi connectivity index (χ4v) is 2.14. The number of carbonyl (C=O) groups excluding carboxylic acids is 1. The first-order valence-electron chi connectivity index (χ1n) is 5.61. The predicted molar refractivity (Wildman–Crippen MR) is 59.1 cm³/mol. The van der Waals surface area contributed by atoms with Gasteiger partial charge in [-0.15, -0.1) is 0 Å². The number of likely N-dealkylation sites (tertiary alicyclic amines) is 1. The van der Waals surface area contributed by atoms with Gasteiger partial charge in [-0.3, -0.25) is 4.79 Å². The van der Waals surface area contributed by atoms with E-state index in [-0.39, 0.29) is 17.9 Å². The van der Waals surface area contributed by atoms with E-state index < -0.39 is 0 Å². The number of furan rings is 1. The lowest BCUT2D eigenvalue weighted by Gasteiger charge is -2.17. The van der Waals surface area contributed by atoms with Crippen LogP contribution in [0.4, 0.5) is 0 Å². The molecule has 1 N–H and O–H groups in total. The Morgan fingerprint density at radius 2 is 2.44 bits per heavy atom. The molecule has 2 rings (SSSR count). The molecule has 2 heterocycles. The maximum Gasteiger partial charge on any atom is 0.257 e. The van der Waals surface area contributed by atoms with E-state index in [9.17, 15) is 9.90 Å². The second-order valence-corrected chi connectivity index (χ2v) is 4.43. The average Bonchev–Trinajstić information content (AvgIpc) is 2.84. The van der Waals surface area contributed by atoms with E-state index in [1.54, 1.807) is 24.8 Å². The number of aliphatic hydroxyl groups is 1. The molecular weight excluding hydrogens is 206 g/mol. The van der Waals surface area contributed by atoms with Crippen molar-refractivity contribution in [3.63, 3.8) is 0 Å². The fourth-order valence-electron chi connectivity index (χ4n) is 2.14. The summed E-state index contributed by atoms with van der Waals surface area (Å²) in [7, 11) is 0. The molecule has 0 bridgehead atoms. The summed E-state index contributed by atoms with van der Waals surface area (Å²) in [5, 5.41) is 9.48. The molecule has 4 heteroatoms. The third kappa shape index (κ3) is 1.97. The lowest BCUT2D eigenvalue weighted by Crippen LogP contribution is -2.30. The summed E-state index contributed by atoms with van der Waals surface area (Å²) in [6.07, 6.45) is 2.06. The van der Waals surface area contributed by atoms with Gasteiger partial charge in [0.05, 0.1) is 17.9 Å². The molecule has 0 spiro atoms. The quantitative estimate of drug-likeness (QED) is 0.825. The van der Waals surface area contributed by atoms with E-state index in [2.05, 4.69) is 0 Å². The monoisotopic (exact) mass is 223 g/mol. The van der Waals surface area contributed by atoms with Gasteiger partial charge in [0.15, 0.2) is 0 Å². The van der Waals surface area contributed by atoms with E-state index in [4.69, 9.17) is 4.42 Å². The van der Waals surface area contributed by atoms with Crippen molar-refractivity contribution in [3.05, 3.63) is 23.7 Å². The maximum atomic E-state index is 12.1. The van der Waals surface area contributed by atoms with Crippen LogP contribution in [0.25, 0.3) is 0 Å². The van der Waals surface area contributed by atoms with E-state index in [1.165, 1.54) is 6.26 Å². The first-order valence-corrected chi connectivity index (χ1v) is 5.61. The number of aliphatic hydroxyl groups excluding tert-OH is 1. The van der Waals surface area contributed by atoms with Gasteiger partial charge in [0.1, 0.15) is 5.76 Å². The van der Waals surface area contributed by atoms with E-state index >= 15 is 0 Å². The molecule has 1 aliphatic rings. The van der Waals surface area contributed by atoms with Crippen molar-refractivity contribution in [1.29, 1.82) is 0 Å². The van der Waals surface area contributed by atoms with Crippen LogP contribution in [0.3, 0.4) is 0 Å². The highest BCUT2D eigenvalue weighted by Gasteiger charge is 2.30. The summed E-state index contributed by atoms with van der Waals surface area (Å²) in [6.45, 7) is 4.93. The van der Waals surface area contributed by atoms with Crippen LogP contribution in [0.1, 0.15) is 29.5 Å². The predicted octanol–water partition coefficient (Wildman–Crippen LogP) is 1.43. The van der Waals surface area contributed by atoms with Gasteiger partial charge in [-0.25, -0.2) is 0 Å². The van der Waals surface area contributed by atoms with E-state index in [1.807, 2.05) is 0 Å². The molecule has 1 saturated heterocycles. The van der Waals surface area contributed by atoms with Gasteiger partial charge < -0.3 is 14.4 Å². The van der Waals surface area contributed by atoms with Crippen molar-refractivity contribution >= 4 is 5.91 Å². The van der Waals surface area contributed by atoms with Gasteiger partial charge in [0.2, 0.25) is 0 Å². The number of aryl methyl sites for hydroxylation is 1. The van der Waals surface area contributed by atoms with Gasteiger partial charge in [-0.2, -0.15) is 0 Å². The molecule has 1 aliphatic heterocycles. The molecule has 0 aromatic carbocycles. The molecule has 0 aliphatic carbocycles. The van der Waals surface area contributed by atoms with Gasteiger partial charge in [-0.1, -0.05) is 0 Å². The topological polar surface area (TPSA) is 53.7 Å². The Morgan fingerprint density at radius 1 is 1.69 bits per heavy atom. The maximum absolute atomic E-state index is 12.1. The highest BCUT2D eigenvalue weighted by molar-refractivity contribution is 5.95. The molecule has 1 aromatic rings. The number of carbonyl (C=O) groups is 1. The van der Waals surface area contributed by atoms with Crippen LogP contribution in [0.2, 0.25) is 0 Å². The highest BCUT2D eigenvalue weighted by atomic mass is 16.3. The molecule has 0 radical (unpaired) electrons. The highest BCUT2D eigenvalue weighted by Crippen LogP contribution is 2.22. The zero-order valence-electron chi connectivity index (χ0n) is 9.64. The molecule has 2 atom stereocenters. The Hall–Kier alpha value is -1.29. The normalized spacial score (nSPS) is 22.4. The number of hydrogen-bond donors (Lipinski definition) is 1. The second-order valence-electron chi connectivity index (χ2n) is 4.43. The Kier molecular flexibility index (Phi) is 3.01. The van der Waals surface area contributed by atoms with E-state index in [0.29, 0.717) is 17.9 Å². The van der Waals surface area contributed by atoms with Gasteiger partial charge in [-0.05, 0) is 26.3 Å². The zero-order valence-corrected chi connectivity index (χ0v) is 9.64. The van der Waals surface area contributed by atoms with Gasteiger partial charge in [0, 0.05) is 19.0 Å². The minimum absolute atomic E-state index is 0.00870. The zero-order chi connectivity index (χ0) is 11.7. The molecule has 1 fully saturated rings. The average molecular weight is 223 g/mol.